The van der Waals surface area contributed by atoms with Crippen LogP contribution in [0.2, 0.25) is 0 Å². The van der Waals surface area contributed by atoms with Gasteiger partial charge in [-0.05, 0) is 0 Å². The van der Waals surface area contributed by atoms with Crippen molar-refractivity contribution in [2.24, 2.45) is 5.21 Å². The molecule has 0 amide bonds. The van der Waals surface area contributed by atoms with Crippen LogP contribution in [-0.2, 0) is 0 Å². The minimum Gasteiger partial charge on any atom is -0.191 e. The Bertz CT molecular complexity index is 298. The van der Waals surface area contributed by atoms with Crippen molar-refractivity contribution in [1.82, 2.24) is 0 Å². The van der Waals surface area contributed by atoms with Gasteiger partial charge in [0.25, 0.3) is 0 Å². The zero-order valence-electron chi connectivity index (χ0n) is 5.66. The summed E-state index contributed by atoms with van der Waals surface area (Å²) in [4.78, 5) is 0. The smallest absolute Gasteiger partial charge is 0.180 e. The molecule has 0 N–H and O–H groups in total. The van der Waals surface area contributed by atoms with E-state index in [9.17, 15) is 4.48 Å². The van der Waals surface area contributed by atoms with Crippen LogP contribution in [-0.4, -0.2) is 5.71 Å². The summed E-state index contributed by atoms with van der Waals surface area (Å²) >= 11 is 0. The minimum absolute atomic E-state index is 0.189. The van der Waals surface area contributed by atoms with E-state index >= 15 is 0 Å². The Morgan fingerprint density at radius 1 is 1.36 bits per heavy atom. The number of halogens is 1. The molecule has 0 heterocycles. The van der Waals surface area contributed by atoms with E-state index in [1.165, 1.54) is 0 Å². The van der Waals surface area contributed by atoms with Crippen molar-refractivity contribution in [2.45, 2.75) is 0 Å². The first-order chi connectivity index (χ1) is 5.38. The first kappa shape index (κ1) is 7.42. The van der Waals surface area contributed by atoms with Crippen LogP contribution >= 0.6 is 0 Å². The van der Waals surface area contributed by atoms with E-state index in [-0.39, 0.29) is 5.71 Å². The van der Waals surface area contributed by atoms with Gasteiger partial charge in [0, 0.05) is 5.56 Å². The molecule has 1 aromatic carbocycles. The predicted molar refractivity (Wildman–Crippen MR) is 39.7 cm³/mol. The van der Waals surface area contributed by atoms with Crippen LogP contribution in [0.4, 0.5) is 4.48 Å². The quantitative estimate of drug-likeness (QED) is 0.560. The van der Waals surface area contributed by atoms with Gasteiger partial charge < -0.3 is 0 Å². The summed E-state index contributed by atoms with van der Waals surface area (Å²) in [6.45, 7) is 0. The molecule has 1 aromatic rings. The van der Waals surface area contributed by atoms with Gasteiger partial charge in [-0.3, -0.25) is 0 Å². The molecule has 0 unspecified atom stereocenters. The standard InChI is InChI=1S/C8H5FN2/c9-11-8(6-10)7-4-2-1-3-5-7/h1-5H/b11-8+. The van der Waals surface area contributed by atoms with Crippen molar-refractivity contribution in [3.05, 3.63) is 35.9 Å². The van der Waals surface area contributed by atoms with Crippen LogP contribution in [0, 0.1) is 11.3 Å². The lowest BCUT2D eigenvalue weighted by atomic mass is 10.1. The average Bonchev–Trinajstić information content (AvgIpc) is 2.09. The summed E-state index contributed by atoms with van der Waals surface area (Å²) in [5.41, 5.74) is 0.308. The topological polar surface area (TPSA) is 36.1 Å². The normalized spacial score (nSPS) is 10.7. The lowest BCUT2D eigenvalue weighted by molar-refractivity contribution is 0.539. The van der Waals surface area contributed by atoms with Crippen molar-refractivity contribution in [3.8, 4) is 6.07 Å². The molecule has 0 fully saturated rings. The van der Waals surface area contributed by atoms with Gasteiger partial charge in [-0.1, -0.05) is 40.0 Å². The maximum Gasteiger partial charge on any atom is 0.180 e. The van der Waals surface area contributed by atoms with Gasteiger partial charge in [-0.15, -0.1) is 0 Å². The van der Waals surface area contributed by atoms with Crippen molar-refractivity contribution >= 4 is 5.71 Å². The molecule has 0 aliphatic carbocycles. The minimum atomic E-state index is -0.189. The van der Waals surface area contributed by atoms with Crippen LogP contribution in [0.1, 0.15) is 5.56 Å². The Hall–Kier alpha value is -1.69. The molecule has 54 valence electrons. The molecule has 0 atom stereocenters. The molecule has 0 aliphatic rings. The number of nitriles is 1. The van der Waals surface area contributed by atoms with E-state index in [0.29, 0.717) is 5.56 Å². The molecular weight excluding hydrogens is 143 g/mol. The number of benzene rings is 1. The van der Waals surface area contributed by atoms with E-state index in [1.54, 1.807) is 36.4 Å². The summed E-state index contributed by atoms with van der Waals surface area (Å²) in [5, 5.41) is 10.7. The third-order valence-electron chi connectivity index (χ3n) is 1.24. The van der Waals surface area contributed by atoms with Gasteiger partial charge in [0.15, 0.2) is 5.71 Å². The molecule has 1 rings (SSSR count). The van der Waals surface area contributed by atoms with Crippen LogP contribution in [0.25, 0.3) is 0 Å². The number of hydrogen-bond donors (Lipinski definition) is 0. The molecular formula is C8H5FN2. The van der Waals surface area contributed by atoms with E-state index < -0.39 is 0 Å². The zero-order chi connectivity index (χ0) is 8.10. The molecule has 2 nitrogen and oxygen atoms in total. The molecule has 3 heteroatoms. The molecule has 0 aliphatic heterocycles. The summed E-state index contributed by atoms with van der Waals surface area (Å²) in [5.74, 6) is 0. The fraction of sp³-hybridized carbons (Fsp3) is 0. The highest BCUT2D eigenvalue weighted by Crippen LogP contribution is 2.00. The van der Waals surface area contributed by atoms with Gasteiger partial charge in [-0.2, -0.15) is 5.26 Å². The van der Waals surface area contributed by atoms with Gasteiger partial charge >= 0.3 is 0 Å². The van der Waals surface area contributed by atoms with Crippen LogP contribution < -0.4 is 0 Å². The monoisotopic (exact) mass is 148 g/mol. The zero-order valence-corrected chi connectivity index (χ0v) is 5.66. The maximum atomic E-state index is 11.7. The fourth-order valence-electron chi connectivity index (χ4n) is 0.728. The highest BCUT2D eigenvalue weighted by Gasteiger charge is 1.99. The van der Waals surface area contributed by atoms with Crippen LogP contribution in [0.3, 0.4) is 0 Å². The third-order valence-corrected chi connectivity index (χ3v) is 1.24. The molecule has 0 aromatic heterocycles. The van der Waals surface area contributed by atoms with Crippen LogP contribution in [0.5, 0.6) is 0 Å². The molecule has 0 saturated heterocycles. The third kappa shape index (κ3) is 1.62. The largest absolute Gasteiger partial charge is 0.191 e. The number of hydrogen-bond acceptors (Lipinski definition) is 2. The average molecular weight is 148 g/mol. The Morgan fingerprint density at radius 3 is 2.45 bits per heavy atom. The van der Waals surface area contributed by atoms with Crippen molar-refractivity contribution in [2.75, 3.05) is 0 Å². The maximum absolute atomic E-state index is 11.7. The Labute approximate surface area is 63.6 Å². The second-order valence-corrected chi connectivity index (χ2v) is 1.91. The molecule has 11 heavy (non-hydrogen) atoms. The molecule has 0 saturated carbocycles. The van der Waals surface area contributed by atoms with Gasteiger partial charge in [0.1, 0.15) is 6.07 Å². The Morgan fingerprint density at radius 2 is 2.00 bits per heavy atom. The van der Waals surface area contributed by atoms with Gasteiger partial charge in [0.05, 0.1) is 0 Å². The second kappa shape index (κ2) is 3.47. The predicted octanol–water partition coefficient (Wildman–Crippen LogP) is 1.88. The van der Waals surface area contributed by atoms with E-state index in [2.05, 4.69) is 5.21 Å². The van der Waals surface area contributed by atoms with Crippen molar-refractivity contribution in [3.63, 3.8) is 0 Å². The fourth-order valence-corrected chi connectivity index (χ4v) is 0.728. The van der Waals surface area contributed by atoms with Crippen molar-refractivity contribution < 1.29 is 4.48 Å². The summed E-state index contributed by atoms with van der Waals surface area (Å²) in [7, 11) is 0. The van der Waals surface area contributed by atoms with Crippen molar-refractivity contribution in [1.29, 1.82) is 5.26 Å². The van der Waals surface area contributed by atoms with Crippen LogP contribution in [0.15, 0.2) is 35.5 Å². The van der Waals surface area contributed by atoms with E-state index in [4.69, 9.17) is 5.26 Å². The first-order valence-corrected chi connectivity index (χ1v) is 3.03. The Balaban J connectivity index is 3.05. The summed E-state index contributed by atoms with van der Waals surface area (Å²) < 4.78 is 11.7. The number of rotatable bonds is 1. The highest BCUT2D eigenvalue weighted by atomic mass is 19.2. The lowest BCUT2D eigenvalue weighted by Crippen LogP contribution is -1.93. The number of nitrogens with zero attached hydrogens (tertiary/aromatic N) is 2. The SMILES string of the molecule is N#C/C(=N\F)c1ccccc1. The highest BCUT2D eigenvalue weighted by molar-refractivity contribution is 6.11. The Kier molecular flexibility index (Phi) is 2.34. The molecule has 0 radical (unpaired) electrons. The van der Waals surface area contributed by atoms with Gasteiger partial charge in [0.2, 0.25) is 0 Å². The van der Waals surface area contributed by atoms with E-state index in [1.807, 2.05) is 0 Å². The molecule has 0 bridgehead atoms. The lowest BCUT2D eigenvalue weighted by Gasteiger charge is -1.91. The molecule has 0 spiro atoms. The van der Waals surface area contributed by atoms with Gasteiger partial charge in [-0.25, -0.2) is 0 Å². The first-order valence-electron chi connectivity index (χ1n) is 3.03. The second-order valence-electron chi connectivity index (χ2n) is 1.91. The summed E-state index contributed by atoms with van der Waals surface area (Å²) in [6, 6.07) is 10.1. The van der Waals surface area contributed by atoms with E-state index in [0.717, 1.165) is 0 Å². The summed E-state index contributed by atoms with van der Waals surface area (Å²) in [6.07, 6.45) is 0.